The number of aliphatic hydroxyl groups excluding tert-OH is 1. The molecule has 0 radical (unpaired) electrons. The van der Waals surface area contributed by atoms with Crippen LogP contribution in [0.15, 0.2) is 78.4 Å². The highest BCUT2D eigenvalue weighted by atomic mass is 16.6. The number of benzene rings is 3. The molecule has 2 heterocycles. The predicted molar refractivity (Wildman–Crippen MR) is 151 cm³/mol. The van der Waals surface area contributed by atoms with Crippen LogP contribution in [0.1, 0.15) is 28.3 Å². The first kappa shape index (κ1) is 28.0. The van der Waals surface area contributed by atoms with Crippen LogP contribution in [0.2, 0.25) is 0 Å². The first-order chi connectivity index (χ1) is 19.8. The fourth-order valence-electron chi connectivity index (χ4n) is 5.19. The number of amides is 1. The molecule has 0 unspecified atom stereocenters. The number of hydrogen-bond acceptors (Lipinski definition) is 8. The Morgan fingerprint density at radius 2 is 1.73 bits per heavy atom. The van der Waals surface area contributed by atoms with Crippen LogP contribution in [-0.2, 0) is 20.9 Å². The van der Waals surface area contributed by atoms with Gasteiger partial charge in [0.2, 0.25) is 0 Å². The van der Waals surface area contributed by atoms with Crippen molar-refractivity contribution in [2.24, 2.45) is 0 Å². The van der Waals surface area contributed by atoms with Crippen LogP contribution in [0.5, 0.6) is 5.75 Å². The topological polar surface area (TPSA) is 122 Å². The summed E-state index contributed by atoms with van der Waals surface area (Å²) in [5, 5.41) is 22.7. The van der Waals surface area contributed by atoms with E-state index in [2.05, 4.69) is 4.90 Å². The molecule has 2 aliphatic heterocycles. The maximum atomic E-state index is 13.4. The minimum absolute atomic E-state index is 0.0492. The number of nitro benzene ring substituents is 1. The molecular weight excluding hydrogens is 526 g/mol. The van der Waals surface area contributed by atoms with Gasteiger partial charge in [0.15, 0.2) is 0 Å². The lowest BCUT2D eigenvalue weighted by atomic mass is 9.93. The van der Waals surface area contributed by atoms with Crippen molar-refractivity contribution in [3.05, 3.63) is 111 Å². The van der Waals surface area contributed by atoms with E-state index < -0.39 is 22.7 Å². The van der Waals surface area contributed by atoms with Crippen molar-refractivity contribution < 1.29 is 29.1 Å². The number of ketones is 1. The Balaban J connectivity index is 1.47. The van der Waals surface area contributed by atoms with Crippen LogP contribution < -0.4 is 4.74 Å². The molecule has 3 aromatic carbocycles. The molecule has 2 fully saturated rings. The number of aliphatic hydroxyl groups is 1. The number of nitrogens with zero attached hydrogens (tertiary/aromatic N) is 3. The Bertz CT molecular complexity index is 1460. The van der Waals surface area contributed by atoms with Gasteiger partial charge in [0.05, 0.1) is 29.8 Å². The molecule has 10 heteroatoms. The Morgan fingerprint density at radius 1 is 1.02 bits per heavy atom. The van der Waals surface area contributed by atoms with E-state index in [1.54, 1.807) is 25.1 Å². The number of rotatable bonds is 9. The van der Waals surface area contributed by atoms with Gasteiger partial charge in [-0.15, -0.1) is 0 Å². The molecule has 212 valence electrons. The third-order valence-corrected chi connectivity index (χ3v) is 7.42. The van der Waals surface area contributed by atoms with Gasteiger partial charge in [0.1, 0.15) is 18.1 Å². The standard InChI is InChI=1S/C31H31N3O7/c1-21-19-25(41-20-22-5-3-2-4-6-22)11-12-26(21)29(35)27-28(23-7-9-24(10-8-23)34(38)39)33(31(37)30(27)36)14-13-32-15-17-40-18-16-32/h2-12,19,28,35H,13-18,20H2,1H3/t28-/m0/s1. The van der Waals surface area contributed by atoms with Crippen molar-refractivity contribution in [3.8, 4) is 5.75 Å². The first-order valence-corrected chi connectivity index (χ1v) is 13.4. The first-order valence-electron chi connectivity index (χ1n) is 13.4. The number of carbonyl (C=O) groups excluding carboxylic acids is 2. The van der Waals surface area contributed by atoms with Gasteiger partial charge in [-0.05, 0) is 53.9 Å². The molecular formula is C31H31N3O7. The Hall–Kier alpha value is -4.54. The number of likely N-dealkylation sites (tertiary alicyclic amines) is 1. The smallest absolute Gasteiger partial charge is 0.295 e. The summed E-state index contributed by atoms with van der Waals surface area (Å²) in [4.78, 5) is 41.0. The third kappa shape index (κ3) is 6.13. The Morgan fingerprint density at radius 3 is 2.39 bits per heavy atom. The van der Waals surface area contributed by atoms with Gasteiger partial charge in [-0.3, -0.25) is 24.6 Å². The third-order valence-electron chi connectivity index (χ3n) is 7.42. The van der Waals surface area contributed by atoms with Crippen molar-refractivity contribution in [2.75, 3.05) is 39.4 Å². The van der Waals surface area contributed by atoms with E-state index in [-0.39, 0.29) is 23.6 Å². The molecule has 1 amide bonds. The fraction of sp³-hybridized carbons (Fsp3) is 0.290. The van der Waals surface area contributed by atoms with Crippen molar-refractivity contribution in [2.45, 2.75) is 19.6 Å². The van der Waals surface area contributed by atoms with Gasteiger partial charge in [-0.25, -0.2) is 0 Å². The van der Waals surface area contributed by atoms with E-state index in [1.807, 2.05) is 30.3 Å². The Labute approximate surface area is 237 Å². The number of Topliss-reactive ketones (excluding diaryl/α,β-unsaturated/α-hetero) is 1. The van der Waals surface area contributed by atoms with Crippen LogP contribution in [0.3, 0.4) is 0 Å². The van der Waals surface area contributed by atoms with E-state index >= 15 is 0 Å². The highest BCUT2D eigenvalue weighted by Crippen LogP contribution is 2.40. The van der Waals surface area contributed by atoms with Crippen molar-refractivity contribution in [1.29, 1.82) is 0 Å². The zero-order chi connectivity index (χ0) is 28.9. The maximum Gasteiger partial charge on any atom is 0.295 e. The van der Waals surface area contributed by atoms with Crippen LogP contribution >= 0.6 is 0 Å². The van der Waals surface area contributed by atoms with Gasteiger partial charge in [0.25, 0.3) is 17.4 Å². The molecule has 0 bridgehead atoms. The molecule has 0 saturated carbocycles. The van der Waals surface area contributed by atoms with E-state index in [0.29, 0.717) is 61.9 Å². The minimum atomic E-state index is -0.898. The average Bonchev–Trinajstić information content (AvgIpc) is 3.25. The predicted octanol–water partition coefficient (Wildman–Crippen LogP) is 4.24. The summed E-state index contributed by atoms with van der Waals surface area (Å²) in [7, 11) is 0. The molecule has 2 saturated heterocycles. The maximum absolute atomic E-state index is 13.4. The lowest BCUT2D eigenvalue weighted by Crippen LogP contribution is -2.42. The zero-order valence-electron chi connectivity index (χ0n) is 22.7. The van der Waals surface area contributed by atoms with Crippen LogP contribution in [0, 0.1) is 17.0 Å². The summed E-state index contributed by atoms with van der Waals surface area (Å²) < 4.78 is 11.3. The van der Waals surface area contributed by atoms with E-state index in [1.165, 1.54) is 29.2 Å². The largest absolute Gasteiger partial charge is 0.507 e. The lowest BCUT2D eigenvalue weighted by molar-refractivity contribution is -0.384. The molecule has 41 heavy (non-hydrogen) atoms. The summed E-state index contributed by atoms with van der Waals surface area (Å²) in [6, 6.07) is 19.7. The average molecular weight is 558 g/mol. The molecule has 0 spiro atoms. The number of carbonyl (C=O) groups is 2. The van der Waals surface area contributed by atoms with Crippen LogP contribution in [0.25, 0.3) is 5.76 Å². The Kier molecular flexibility index (Phi) is 8.42. The summed E-state index contributed by atoms with van der Waals surface area (Å²) in [6.45, 7) is 5.54. The minimum Gasteiger partial charge on any atom is -0.507 e. The molecule has 10 nitrogen and oxygen atoms in total. The second-order valence-corrected chi connectivity index (χ2v) is 10.0. The number of morpholine rings is 1. The second-order valence-electron chi connectivity index (χ2n) is 10.0. The molecule has 1 N–H and O–H groups in total. The molecule has 5 rings (SSSR count). The van der Waals surface area contributed by atoms with E-state index in [0.717, 1.165) is 5.56 Å². The van der Waals surface area contributed by atoms with Crippen molar-refractivity contribution in [1.82, 2.24) is 9.80 Å². The van der Waals surface area contributed by atoms with Gasteiger partial charge < -0.3 is 19.5 Å². The molecule has 0 aliphatic carbocycles. The van der Waals surface area contributed by atoms with Gasteiger partial charge >= 0.3 is 0 Å². The number of aryl methyl sites for hydroxylation is 1. The van der Waals surface area contributed by atoms with Crippen LogP contribution in [-0.4, -0.2) is 70.9 Å². The SMILES string of the molecule is Cc1cc(OCc2ccccc2)ccc1C(O)=C1C(=O)C(=O)N(CCN2CCOCC2)[C@H]1c1ccc([N+](=O)[O-])cc1. The normalized spacial score (nSPS) is 19.0. The molecule has 3 aromatic rings. The highest BCUT2D eigenvalue weighted by molar-refractivity contribution is 6.46. The molecule has 1 atom stereocenters. The number of non-ortho nitro benzene ring substituents is 1. The molecule has 2 aliphatic rings. The number of hydrogen-bond donors (Lipinski definition) is 1. The van der Waals surface area contributed by atoms with Crippen molar-refractivity contribution >= 4 is 23.1 Å². The quantitative estimate of drug-likeness (QED) is 0.136. The summed E-state index contributed by atoms with van der Waals surface area (Å²) in [6.07, 6.45) is 0. The lowest BCUT2D eigenvalue weighted by Gasteiger charge is -2.31. The summed E-state index contributed by atoms with van der Waals surface area (Å²) in [5.74, 6) is -1.21. The van der Waals surface area contributed by atoms with Gasteiger partial charge in [-0.2, -0.15) is 0 Å². The van der Waals surface area contributed by atoms with E-state index in [4.69, 9.17) is 9.47 Å². The van der Waals surface area contributed by atoms with Crippen LogP contribution in [0.4, 0.5) is 5.69 Å². The fourth-order valence-corrected chi connectivity index (χ4v) is 5.19. The van der Waals surface area contributed by atoms with Gasteiger partial charge in [0, 0.05) is 43.9 Å². The zero-order valence-corrected chi connectivity index (χ0v) is 22.7. The van der Waals surface area contributed by atoms with E-state index in [9.17, 15) is 24.8 Å². The summed E-state index contributed by atoms with van der Waals surface area (Å²) in [5.41, 5.74) is 2.41. The number of nitro groups is 1. The summed E-state index contributed by atoms with van der Waals surface area (Å²) >= 11 is 0. The van der Waals surface area contributed by atoms with Gasteiger partial charge in [-0.1, -0.05) is 30.3 Å². The molecule has 0 aromatic heterocycles. The number of ether oxygens (including phenoxy) is 2. The highest BCUT2D eigenvalue weighted by Gasteiger charge is 2.46. The monoisotopic (exact) mass is 557 g/mol. The van der Waals surface area contributed by atoms with Crippen molar-refractivity contribution in [3.63, 3.8) is 0 Å². The second kappa shape index (κ2) is 12.3.